The standard InChI is InChI=1S/C12H21N3O/c1-3-11(8-13)12(16)14-9-10(2)15-6-4-5-7-15/h10-11H,3-7,9H2,1-2H3,(H,14,16). The number of amides is 1. The number of carbonyl (C=O) groups excluding carboxylic acids is 1. The van der Waals surface area contributed by atoms with Gasteiger partial charge in [-0.25, -0.2) is 0 Å². The number of rotatable bonds is 5. The van der Waals surface area contributed by atoms with Gasteiger partial charge in [0, 0.05) is 12.6 Å². The highest BCUT2D eigenvalue weighted by atomic mass is 16.1. The van der Waals surface area contributed by atoms with Gasteiger partial charge >= 0.3 is 0 Å². The summed E-state index contributed by atoms with van der Waals surface area (Å²) in [5, 5.41) is 11.6. The number of hydrogen-bond donors (Lipinski definition) is 1. The molecule has 1 N–H and O–H groups in total. The molecular weight excluding hydrogens is 202 g/mol. The van der Waals surface area contributed by atoms with Crippen molar-refractivity contribution in [2.75, 3.05) is 19.6 Å². The van der Waals surface area contributed by atoms with Gasteiger partial charge in [0.05, 0.1) is 6.07 Å². The van der Waals surface area contributed by atoms with Crippen LogP contribution in [-0.4, -0.2) is 36.5 Å². The fourth-order valence-corrected chi connectivity index (χ4v) is 2.02. The van der Waals surface area contributed by atoms with Gasteiger partial charge in [0.25, 0.3) is 0 Å². The molecule has 16 heavy (non-hydrogen) atoms. The van der Waals surface area contributed by atoms with E-state index in [0.29, 0.717) is 19.0 Å². The minimum Gasteiger partial charge on any atom is -0.353 e. The molecule has 2 unspecified atom stereocenters. The van der Waals surface area contributed by atoms with Crippen molar-refractivity contribution in [3.05, 3.63) is 0 Å². The highest BCUT2D eigenvalue weighted by Crippen LogP contribution is 2.11. The Bertz CT molecular complexity index is 266. The predicted octanol–water partition coefficient (Wildman–Crippen LogP) is 1.14. The van der Waals surface area contributed by atoms with Crippen molar-refractivity contribution >= 4 is 5.91 Å². The van der Waals surface area contributed by atoms with Crippen LogP contribution in [0.25, 0.3) is 0 Å². The number of carbonyl (C=O) groups is 1. The Morgan fingerprint density at radius 1 is 1.50 bits per heavy atom. The van der Waals surface area contributed by atoms with Crippen LogP contribution in [0.15, 0.2) is 0 Å². The molecule has 1 aliphatic rings. The Balaban J connectivity index is 2.28. The Hall–Kier alpha value is -1.08. The maximum absolute atomic E-state index is 11.6. The van der Waals surface area contributed by atoms with Crippen LogP contribution in [-0.2, 0) is 4.79 Å². The molecule has 1 heterocycles. The molecule has 1 aliphatic heterocycles. The fourth-order valence-electron chi connectivity index (χ4n) is 2.02. The summed E-state index contributed by atoms with van der Waals surface area (Å²) in [6.07, 6.45) is 3.10. The van der Waals surface area contributed by atoms with Gasteiger partial charge in [-0.3, -0.25) is 9.69 Å². The van der Waals surface area contributed by atoms with E-state index in [1.807, 2.05) is 13.0 Å². The Labute approximate surface area is 97.6 Å². The SMILES string of the molecule is CCC(C#N)C(=O)NCC(C)N1CCCC1. The third-order valence-corrected chi connectivity index (χ3v) is 3.22. The monoisotopic (exact) mass is 223 g/mol. The average molecular weight is 223 g/mol. The molecule has 0 aromatic rings. The fraction of sp³-hybridized carbons (Fsp3) is 0.833. The zero-order chi connectivity index (χ0) is 12.0. The smallest absolute Gasteiger partial charge is 0.237 e. The van der Waals surface area contributed by atoms with Crippen LogP contribution in [0.2, 0.25) is 0 Å². The molecule has 4 heteroatoms. The summed E-state index contributed by atoms with van der Waals surface area (Å²) >= 11 is 0. The second-order valence-corrected chi connectivity index (χ2v) is 4.43. The van der Waals surface area contributed by atoms with Gasteiger partial charge < -0.3 is 5.32 Å². The lowest BCUT2D eigenvalue weighted by Gasteiger charge is -2.24. The molecule has 1 amide bonds. The lowest BCUT2D eigenvalue weighted by molar-refractivity contribution is -0.123. The van der Waals surface area contributed by atoms with Crippen molar-refractivity contribution in [1.82, 2.24) is 10.2 Å². The van der Waals surface area contributed by atoms with E-state index in [2.05, 4.69) is 17.1 Å². The highest BCUT2D eigenvalue weighted by Gasteiger charge is 2.20. The van der Waals surface area contributed by atoms with Gasteiger partial charge in [0.2, 0.25) is 5.91 Å². The molecule has 0 saturated carbocycles. The van der Waals surface area contributed by atoms with Crippen molar-refractivity contribution in [1.29, 1.82) is 5.26 Å². The van der Waals surface area contributed by atoms with Gasteiger partial charge in [-0.15, -0.1) is 0 Å². The molecule has 1 rings (SSSR count). The van der Waals surface area contributed by atoms with Crippen molar-refractivity contribution in [3.63, 3.8) is 0 Å². The summed E-state index contributed by atoms with van der Waals surface area (Å²) in [6.45, 7) is 6.90. The summed E-state index contributed by atoms with van der Waals surface area (Å²) in [5.74, 6) is -0.623. The molecule has 4 nitrogen and oxygen atoms in total. The van der Waals surface area contributed by atoms with Crippen LogP contribution in [0.1, 0.15) is 33.1 Å². The van der Waals surface area contributed by atoms with Crippen LogP contribution in [0.3, 0.4) is 0 Å². The maximum atomic E-state index is 11.6. The predicted molar refractivity (Wildman–Crippen MR) is 62.7 cm³/mol. The van der Waals surface area contributed by atoms with Crippen LogP contribution in [0.4, 0.5) is 0 Å². The van der Waals surface area contributed by atoms with Crippen molar-refractivity contribution in [2.45, 2.75) is 39.2 Å². The van der Waals surface area contributed by atoms with E-state index in [0.717, 1.165) is 13.1 Å². The molecule has 0 aromatic carbocycles. The zero-order valence-corrected chi connectivity index (χ0v) is 10.2. The molecule has 0 radical (unpaired) electrons. The van der Waals surface area contributed by atoms with Crippen LogP contribution >= 0.6 is 0 Å². The van der Waals surface area contributed by atoms with Crippen molar-refractivity contribution in [2.24, 2.45) is 5.92 Å². The largest absolute Gasteiger partial charge is 0.353 e. The second-order valence-electron chi connectivity index (χ2n) is 4.43. The summed E-state index contributed by atoms with van der Waals surface area (Å²) in [5.41, 5.74) is 0. The second kappa shape index (κ2) is 6.49. The molecule has 0 aromatic heterocycles. The number of likely N-dealkylation sites (tertiary alicyclic amines) is 1. The lowest BCUT2D eigenvalue weighted by atomic mass is 10.1. The van der Waals surface area contributed by atoms with E-state index in [1.165, 1.54) is 12.8 Å². The molecule has 1 saturated heterocycles. The Kier molecular flexibility index (Phi) is 5.27. The third kappa shape index (κ3) is 3.49. The van der Waals surface area contributed by atoms with E-state index in [4.69, 9.17) is 5.26 Å². The summed E-state index contributed by atoms with van der Waals surface area (Å²) < 4.78 is 0. The Morgan fingerprint density at radius 3 is 2.62 bits per heavy atom. The van der Waals surface area contributed by atoms with E-state index in [-0.39, 0.29) is 5.91 Å². The number of nitriles is 1. The first kappa shape index (κ1) is 13.0. The summed E-state index contributed by atoms with van der Waals surface area (Å²) in [4.78, 5) is 14.0. The Morgan fingerprint density at radius 2 is 2.12 bits per heavy atom. The topological polar surface area (TPSA) is 56.1 Å². The quantitative estimate of drug-likeness (QED) is 0.760. The van der Waals surface area contributed by atoms with Crippen molar-refractivity contribution in [3.8, 4) is 6.07 Å². The summed E-state index contributed by atoms with van der Waals surface area (Å²) in [6, 6.07) is 2.40. The minimum atomic E-state index is -0.495. The van der Waals surface area contributed by atoms with Gasteiger partial charge in [0.15, 0.2) is 0 Å². The molecule has 0 bridgehead atoms. The van der Waals surface area contributed by atoms with Crippen molar-refractivity contribution < 1.29 is 4.79 Å². The zero-order valence-electron chi connectivity index (χ0n) is 10.2. The first-order valence-corrected chi connectivity index (χ1v) is 6.10. The summed E-state index contributed by atoms with van der Waals surface area (Å²) in [7, 11) is 0. The highest BCUT2D eigenvalue weighted by molar-refractivity contribution is 5.80. The van der Waals surface area contributed by atoms with Crippen LogP contribution in [0, 0.1) is 17.2 Å². The van der Waals surface area contributed by atoms with E-state index >= 15 is 0 Å². The molecule has 2 atom stereocenters. The lowest BCUT2D eigenvalue weighted by Crippen LogP contribution is -2.42. The van der Waals surface area contributed by atoms with Crippen LogP contribution in [0.5, 0.6) is 0 Å². The molecule has 1 fully saturated rings. The van der Waals surface area contributed by atoms with E-state index in [9.17, 15) is 4.79 Å². The molecule has 90 valence electrons. The normalized spacial score (nSPS) is 20.1. The molecule has 0 spiro atoms. The first-order valence-electron chi connectivity index (χ1n) is 6.10. The van der Waals surface area contributed by atoms with Gasteiger partial charge in [-0.1, -0.05) is 6.92 Å². The van der Waals surface area contributed by atoms with Gasteiger partial charge in [-0.2, -0.15) is 5.26 Å². The third-order valence-electron chi connectivity index (χ3n) is 3.22. The molecular formula is C12H21N3O. The number of nitrogens with one attached hydrogen (secondary N) is 1. The molecule has 0 aliphatic carbocycles. The van der Waals surface area contributed by atoms with E-state index in [1.54, 1.807) is 0 Å². The minimum absolute atomic E-state index is 0.129. The van der Waals surface area contributed by atoms with Crippen LogP contribution < -0.4 is 5.32 Å². The van der Waals surface area contributed by atoms with Gasteiger partial charge in [-0.05, 0) is 39.3 Å². The first-order chi connectivity index (χ1) is 7.69. The van der Waals surface area contributed by atoms with E-state index < -0.39 is 5.92 Å². The number of nitrogens with zero attached hydrogens (tertiary/aromatic N) is 2. The average Bonchev–Trinajstić information content (AvgIpc) is 2.81. The maximum Gasteiger partial charge on any atom is 0.237 e. The number of hydrogen-bond acceptors (Lipinski definition) is 3. The van der Waals surface area contributed by atoms with Gasteiger partial charge in [0.1, 0.15) is 5.92 Å².